The average Bonchev–Trinajstić information content (AvgIpc) is 1.57. The third-order valence-corrected chi connectivity index (χ3v) is 17.4. The van der Waals surface area contributed by atoms with Crippen molar-refractivity contribution in [3.8, 4) is 0 Å². The van der Waals surface area contributed by atoms with Crippen LogP contribution >= 0.6 is 15.6 Å². The minimum absolute atomic E-state index is 0.0784. The van der Waals surface area contributed by atoms with Gasteiger partial charge in [0, 0.05) is 19.3 Å². The van der Waals surface area contributed by atoms with Gasteiger partial charge >= 0.3 is 33.6 Å². The molecule has 0 aromatic carbocycles. The Hall–Kier alpha value is -4.57. The molecule has 4 N–H and O–H groups in total. The van der Waals surface area contributed by atoms with Crippen LogP contribution < -0.4 is 0 Å². The molecule has 0 aromatic rings. The summed E-state index contributed by atoms with van der Waals surface area (Å²) in [6.45, 7) is 2.38. The first-order chi connectivity index (χ1) is 48.2. The summed E-state index contributed by atoms with van der Waals surface area (Å²) >= 11 is 0. The molecule has 0 aliphatic carbocycles. The SMILES string of the molecule is CC/C=C\C/C=C\C/C=C\C/C=C\C/C=C\CCCCCCCCCCCC(=O)OCC(O)COP(=O)(O)OCC(O)COP(=O)(O)OCC(COC(=O)CCCCCCCCC/C=C\C/C=C\C/C=C\C/C=C\CCCCC)OC(=O)CCCCCCC/C=C\C/C=C\C/C=C\CC. The van der Waals surface area contributed by atoms with Crippen molar-refractivity contribution in [3.63, 3.8) is 0 Å². The number of unbranched alkanes of at least 4 members (excludes halogenated alkanes) is 24. The lowest BCUT2D eigenvalue weighted by Gasteiger charge is -2.21. The number of hydrogen-bond donors (Lipinski definition) is 4. The van der Waals surface area contributed by atoms with E-state index in [1.54, 1.807) is 0 Å². The van der Waals surface area contributed by atoms with Crippen LogP contribution in [-0.4, -0.2) is 95.9 Å². The summed E-state index contributed by atoms with van der Waals surface area (Å²) in [5.74, 6) is -1.62. The van der Waals surface area contributed by atoms with Crippen LogP contribution in [0.3, 0.4) is 0 Å². The summed E-state index contributed by atoms with van der Waals surface area (Å²) in [7, 11) is -9.80. The zero-order valence-electron chi connectivity index (χ0n) is 61.6. The first-order valence-electron chi connectivity index (χ1n) is 38.1. The number of aliphatic hydroxyl groups excluding tert-OH is 2. The number of phosphoric ester groups is 2. The first kappa shape index (κ1) is 94.4. The van der Waals surface area contributed by atoms with Gasteiger partial charge in [-0.2, -0.15) is 0 Å². The van der Waals surface area contributed by atoms with Crippen molar-refractivity contribution in [2.24, 2.45) is 0 Å². The van der Waals surface area contributed by atoms with Crippen LogP contribution in [0.25, 0.3) is 0 Å². The van der Waals surface area contributed by atoms with Crippen LogP contribution in [0.1, 0.15) is 290 Å². The number of hydrogen-bond acceptors (Lipinski definition) is 14. The molecule has 16 nitrogen and oxygen atoms in total. The molecule has 0 spiro atoms. The van der Waals surface area contributed by atoms with Gasteiger partial charge in [-0.1, -0.05) is 276 Å². The highest BCUT2D eigenvalue weighted by Gasteiger charge is 2.29. The van der Waals surface area contributed by atoms with Gasteiger partial charge in [0.2, 0.25) is 0 Å². The van der Waals surface area contributed by atoms with E-state index in [-0.39, 0.29) is 19.3 Å². The van der Waals surface area contributed by atoms with E-state index in [1.807, 2.05) is 0 Å². The summed E-state index contributed by atoms with van der Waals surface area (Å²) < 4.78 is 61.1. The van der Waals surface area contributed by atoms with Gasteiger partial charge in [-0.05, 0) is 141 Å². The lowest BCUT2D eigenvalue weighted by Crippen LogP contribution is -2.30. The molecule has 0 bridgehead atoms. The molecule has 5 unspecified atom stereocenters. The van der Waals surface area contributed by atoms with Gasteiger partial charge in [0.05, 0.1) is 26.4 Å². The molecular weight excluding hydrogens is 1290 g/mol. The van der Waals surface area contributed by atoms with Crippen LogP contribution in [0.2, 0.25) is 0 Å². The van der Waals surface area contributed by atoms with Gasteiger partial charge in [0.1, 0.15) is 25.4 Å². The fraction of sp³-hybridized carbons (Fsp3) is 0.667. The highest BCUT2D eigenvalue weighted by molar-refractivity contribution is 7.47. The quantitative estimate of drug-likeness (QED) is 0.0146. The Morgan fingerprint density at radius 2 is 0.535 bits per heavy atom. The molecule has 5 atom stereocenters. The van der Waals surface area contributed by atoms with E-state index in [1.165, 1.54) is 51.4 Å². The summed E-state index contributed by atoms with van der Waals surface area (Å²) in [6.07, 6.45) is 88.9. The molecule has 0 amide bonds. The number of ether oxygens (including phenoxy) is 3. The molecule has 0 radical (unpaired) electrons. The molecule has 0 saturated carbocycles. The van der Waals surface area contributed by atoms with Crippen molar-refractivity contribution in [1.82, 2.24) is 0 Å². The number of rotatable bonds is 71. The number of carbonyl (C=O) groups is 3. The maximum absolute atomic E-state index is 13.0. The predicted octanol–water partition coefficient (Wildman–Crippen LogP) is 22.1. The van der Waals surface area contributed by atoms with E-state index in [2.05, 4.69) is 167 Å². The zero-order valence-corrected chi connectivity index (χ0v) is 63.4. The van der Waals surface area contributed by atoms with Crippen molar-refractivity contribution >= 4 is 33.6 Å². The van der Waals surface area contributed by atoms with E-state index in [0.717, 1.165) is 180 Å². The second-order valence-electron chi connectivity index (χ2n) is 25.0. The van der Waals surface area contributed by atoms with Gasteiger partial charge in [0.25, 0.3) is 0 Å². The summed E-state index contributed by atoms with van der Waals surface area (Å²) in [4.78, 5) is 58.6. The molecule has 0 saturated heterocycles. The largest absolute Gasteiger partial charge is 0.472 e. The second-order valence-corrected chi connectivity index (χ2v) is 27.9. The predicted molar refractivity (Wildman–Crippen MR) is 408 cm³/mol. The molecule has 0 aliphatic heterocycles. The summed E-state index contributed by atoms with van der Waals surface area (Å²) in [5, 5.41) is 20.6. The average molecular weight is 1430 g/mol. The molecule has 0 rings (SSSR count). The normalized spacial score (nSPS) is 14.9. The minimum atomic E-state index is -4.94. The lowest BCUT2D eigenvalue weighted by molar-refractivity contribution is -0.161. The highest BCUT2D eigenvalue weighted by atomic mass is 31.2. The second kappa shape index (κ2) is 73.2. The van der Waals surface area contributed by atoms with Crippen molar-refractivity contribution in [1.29, 1.82) is 0 Å². The van der Waals surface area contributed by atoms with E-state index in [0.29, 0.717) is 19.3 Å². The molecular formula is C81H136O16P2. The Balaban J connectivity index is 4.63. The fourth-order valence-corrected chi connectivity index (χ4v) is 11.4. The Labute approximate surface area is 600 Å². The van der Waals surface area contributed by atoms with Gasteiger partial charge in [-0.15, -0.1) is 0 Å². The number of allylic oxidation sites excluding steroid dienone is 24. The van der Waals surface area contributed by atoms with Gasteiger partial charge in [-0.25, -0.2) is 9.13 Å². The van der Waals surface area contributed by atoms with E-state index in [9.17, 15) is 43.5 Å². The van der Waals surface area contributed by atoms with Crippen LogP contribution in [0.5, 0.6) is 0 Å². The molecule has 0 aromatic heterocycles. The van der Waals surface area contributed by atoms with E-state index < -0.39 is 91.5 Å². The zero-order chi connectivity index (χ0) is 72.3. The van der Waals surface area contributed by atoms with Gasteiger partial charge in [0.15, 0.2) is 6.10 Å². The molecule has 18 heteroatoms. The van der Waals surface area contributed by atoms with Crippen LogP contribution in [0.15, 0.2) is 146 Å². The molecule has 0 fully saturated rings. The number of phosphoric acid groups is 2. The maximum Gasteiger partial charge on any atom is 0.472 e. The third kappa shape index (κ3) is 74.4. The van der Waals surface area contributed by atoms with Crippen molar-refractivity contribution in [3.05, 3.63) is 146 Å². The van der Waals surface area contributed by atoms with Crippen molar-refractivity contribution in [2.45, 2.75) is 309 Å². The Morgan fingerprint density at radius 3 is 0.848 bits per heavy atom. The van der Waals surface area contributed by atoms with Gasteiger partial charge in [-0.3, -0.25) is 32.5 Å². The monoisotopic (exact) mass is 1430 g/mol. The van der Waals surface area contributed by atoms with Crippen LogP contribution in [-0.2, 0) is 55.8 Å². The Kier molecular flexibility index (Phi) is 69.8. The number of carbonyl (C=O) groups excluding carboxylic acids is 3. The highest BCUT2D eigenvalue weighted by Crippen LogP contribution is 2.45. The summed E-state index contributed by atoms with van der Waals surface area (Å²) in [5.41, 5.74) is 0. The number of aliphatic hydroxyl groups is 2. The number of esters is 3. The topological polar surface area (TPSA) is 231 Å². The molecule has 99 heavy (non-hydrogen) atoms. The van der Waals surface area contributed by atoms with Crippen LogP contribution in [0.4, 0.5) is 0 Å². The Bertz CT molecular complexity index is 2380. The van der Waals surface area contributed by atoms with E-state index >= 15 is 0 Å². The molecule has 0 heterocycles. The lowest BCUT2D eigenvalue weighted by atomic mass is 10.1. The van der Waals surface area contributed by atoms with Gasteiger partial charge < -0.3 is 34.2 Å². The maximum atomic E-state index is 13.0. The minimum Gasteiger partial charge on any atom is -0.463 e. The van der Waals surface area contributed by atoms with Crippen LogP contribution in [0, 0.1) is 0 Å². The molecule has 566 valence electrons. The fourth-order valence-electron chi connectivity index (χ4n) is 9.77. The molecule has 0 aliphatic rings. The van der Waals surface area contributed by atoms with E-state index in [4.69, 9.17) is 32.3 Å². The van der Waals surface area contributed by atoms with Crippen molar-refractivity contribution in [2.75, 3.05) is 39.6 Å². The van der Waals surface area contributed by atoms with Crippen molar-refractivity contribution < 1.29 is 75.8 Å². The standard InChI is InChI=1S/C81H136O16P2/c1-4-7-10-13-16-19-22-25-28-30-32-34-36-37-39-41-42-44-47-49-52-55-58-61-64-67-79(84)91-70-76(82)71-93-98(87,88)94-72-77(83)73-95-99(89,90)96-75-78(97-81(86)69-66-63-60-57-54-51-46-27-24-21-18-15-12-9-6-3)74-92-80(85)68-65-62-59-56-53-50-48-45-43-40-38-35-33-31-29-26-23-20-17-14-11-8-5-2/h7,9-10,12,16-21,25-29,32-35,37,39-40,43,46,76-78,82-83H,4-6,8,11,13-15,22-24,30-31,36,38,41-42,44-45,47-75H2,1-3H3,(H,87,88)(H,89,90)/b10-7-,12-9-,19-16-,20-17-,21-18-,28-25-,29-26-,34-32-,35-33-,39-37-,43-40-,46-27-. The third-order valence-electron chi connectivity index (χ3n) is 15.5. The Morgan fingerprint density at radius 1 is 0.293 bits per heavy atom. The smallest absolute Gasteiger partial charge is 0.463 e. The first-order valence-corrected chi connectivity index (χ1v) is 41.1. The summed E-state index contributed by atoms with van der Waals surface area (Å²) in [6, 6.07) is 0.